The first-order valence-corrected chi connectivity index (χ1v) is 9.86. The molecule has 0 amide bonds. The molecule has 2 nitrogen and oxygen atoms in total. The summed E-state index contributed by atoms with van der Waals surface area (Å²) in [6.07, 6.45) is 8.48. The Morgan fingerprint density at radius 3 is 2.50 bits per heavy atom. The molecule has 2 aliphatic rings. The Bertz CT molecular complexity index is 520. The van der Waals surface area contributed by atoms with Crippen molar-refractivity contribution in [3.05, 3.63) is 34.6 Å². The van der Waals surface area contributed by atoms with Gasteiger partial charge in [0.05, 0.1) is 0 Å². The first-order valence-electron chi connectivity index (χ1n) is 9.48. The number of piperidine rings is 1. The van der Waals surface area contributed by atoms with Crippen LogP contribution in [0.2, 0.25) is 5.02 Å². The van der Waals surface area contributed by atoms with Gasteiger partial charge in [-0.1, -0.05) is 17.7 Å². The van der Waals surface area contributed by atoms with E-state index in [-0.39, 0.29) is 5.82 Å². The van der Waals surface area contributed by atoms with Gasteiger partial charge in [-0.2, -0.15) is 0 Å². The van der Waals surface area contributed by atoms with Crippen molar-refractivity contribution in [1.82, 2.24) is 10.2 Å². The summed E-state index contributed by atoms with van der Waals surface area (Å²) in [6.45, 7) is 3.57. The lowest BCUT2D eigenvalue weighted by molar-refractivity contribution is 0.228. The van der Waals surface area contributed by atoms with Gasteiger partial charge < -0.3 is 10.2 Å². The summed E-state index contributed by atoms with van der Waals surface area (Å²) in [4.78, 5) is 2.41. The predicted octanol–water partition coefficient (Wildman–Crippen LogP) is 4.83. The molecule has 0 radical (unpaired) electrons. The molecular weight excluding hydrogens is 323 g/mol. The lowest BCUT2D eigenvalue weighted by atomic mass is 9.77. The normalized spacial score (nSPS) is 26.6. The number of benzene rings is 1. The van der Waals surface area contributed by atoms with Gasteiger partial charge in [0.2, 0.25) is 0 Å². The molecule has 0 bridgehead atoms. The maximum atomic E-state index is 14.1. The SMILES string of the molecule is CN1CCC(NCCC2CCC(c3ccc(Cl)cc3F)CC2)CC1. The Hall–Kier alpha value is -0.640. The fourth-order valence-corrected chi connectivity index (χ4v) is 4.46. The van der Waals surface area contributed by atoms with Crippen molar-refractivity contribution in [3.8, 4) is 0 Å². The molecule has 1 N–H and O–H groups in total. The molecule has 1 heterocycles. The molecule has 3 rings (SSSR count). The smallest absolute Gasteiger partial charge is 0.128 e. The van der Waals surface area contributed by atoms with E-state index in [0.717, 1.165) is 30.9 Å². The fourth-order valence-electron chi connectivity index (χ4n) is 4.30. The molecule has 24 heavy (non-hydrogen) atoms. The Morgan fingerprint density at radius 1 is 1.12 bits per heavy atom. The number of rotatable bonds is 5. The van der Waals surface area contributed by atoms with Crippen LogP contribution in [0, 0.1) is 11.7 Å². The second kappa shape index (κ2) is 8.64. The molecule has 0 aromatic heterocycles. The first-order chi connectivity index (χ1) is 11.6. The zero-order chi connectivity index (χ0) is 16.9. The van der Waals surface area contributed by atoms with E-state index in [9.17, 15) is 4.39 Å². The van der Waals surface area contributed by atoms with Crippen molar-refractivity contribution in [2.75, 3.05) is 26.7 Å². The number of likely N-dealkylation sites (tertiary alicyclic amines) is 1. The van der Waals surface area contributed by atoms with Crippen molar-refractivity contribution in [3.63, 3.8) is 0 Å². The Labute approximate surface area is 150 Å². The van der Waals surface area contributed by atoms with E-state index in [4.69, 9.17) is 11.6 Å². The van der Waals surface area contributed by atoms with Crippen molar-refractivity contribution in [2.45, 2.75) is 56.9 Å². The van der Waals surface area contributed by atoms with Crippen LogP contribution in [0.3, 0.4) is 0 Å². The summed E-state index contributed by atoms with van der Waals surface area (Å²) in [7, 11) is 2.21. The zero-order valence-corrected chi connectivity index (χ0v) is 15.5. The average Bonchev–Trinajstić information content (AvgIpc) is 2.58. The zero-order valence-electron chi connectivity index (χ0n) is 14.7. The third-order valence-corrected chi connectivity index (χ3v) is 6.19. The van der Waals surface area contributed by atoms with E-state index in [1.54, 1.807) is 0 Å². The van der Waals surface area contributed by atoms with Crippen LogP contribution in [0.15, 0.2) is 18.2 Å². The molecule has 1 aliphatic carbocycles. The molecule has 1 aromatic rings. The van der Waals surface area contributed by atoms with Crippen LogP contribution in [-0.4, -0.2) is 37.6 Å². The average molecular weight is 353 g/mol. The highest BCUT2D eigenvalue weighted by atomic mass is 35.5. The van der Waals surface area contributed by atoms with E-state index in [0.29, 0.717) is 17.0 Å². The van der Waals surface area contributed by atoms with Gasteiger partial charge in [-0.05, 0) is 101 Å². The maximum Gasteiger partial charge on any atom is 0.128 e. The fraction of sp³-hybridized carbons (Fsp3) is 0.700. The van der Waals surface area contributed by atoms with Crippen LogP contribution < -0.4 is 5.32 Å². The van der Waals surface area contributed by atoms with Crippen molar-refractivity contribution in [2.24, 2.45) is 5.92 Å². The van der Waals surface area contributed by atoms with Gasteiger partial charge in [0, 0.05) is 11.1 Å². The summed E-state index contributed by atoms with van der Waals surface area (Å²) in [5.41, 5.74) is 0.863. The van der Waals surface area contributed by atoms with Crippen LogP contribution in [-0.2, 0) is 0 Å². The van der Waals surface area contributed by atoms with Crippen LogP contribution in [0.1, 0.15) is 56.4 Å². The van der Waals surface area contributed by atoms with Gasteiger partial charge in [0.1, 0.15) is 5.82 Å². The second-order valence-corrected chi connectivity index (χ2v) is 8.14. The van der Waals surface area contributed by atoms with E-state index < -0.39 is 0 Å². The van der Waals surface area contributed by atoms with Crippen molar-refractivity contribution in [1.29, 1.82) is 0 Å². The molecular formula is C20H30ClFN2. The predicted molar refractivity (Wildman–Crippen MR) is 99.2 cm³/mol. The van der Waals surface area contributed by atoms with Crippen LogP contribution in [0.4, 0.5) is 4.39 Å². The van der Waals surface area contributed by atoms with E-state index in [1.165, 1.54) is 51.3 Å². The van der Waals surface area contributed by atoms with Crippen molar-refractivity contribution < 1.29 is 4.39 Å². The topological polar surface area (TPSA) is 15.3 Å². The minimum Gasteiger partial charge on any atom is -0.314 e. The van der Waals surface area contributed by atoms with Gasteiger partial charge in [-0.3, -0.25) is 0 Å². The summed E-state index contributed by atoms with van der Waals surface area (Å²) < 4.78 is 14.1. The lowest BCUT2D eigenvalue weighted by Crippen LogP contribution is -2.41. The van der Waals surface area contributed by atoms with Gasteiger partial charge in [-0.25, -0.2) is 4.39 Å². The highest BCUT2D eigenvalue weighted by Gasteiger charge is 2.24. The molecule has 0 atom stereocenters. The quantitative estimate of drug-likeness (QED) is 0.816. The summed E-state index contributed by atoms with van der Waals surface area (Å²) in [6, 6.07) is 5.86. The summed E-state index contributed by atoms with van der Waals surface area (Å²) in [5, 5.41) is 4.24. The molecule has 1 aromatic carbocycles. The number of hydrogen-bond acceptors (Lipinski definition) is 2. The summed E-state index contributed by atoms with van der Waals surface area (Å²) in [5.74, 6) is 1.05. The number of nitrogens with one attached hydrogen (secondary N) is 1. The highest BCUT2D eigenvalue weighted by molar-refractivity contribution is 6.30. The minimum atomic E-state index is -0.130. The standard InChI is InChI=1S/C20H30ClFN2/c1-24-12-9-18(10-13-24)23-11-8-15-2-4-16(5-3-15)19-7-6-17(21)14-20(19)22/h6-7,14-16,18,23H,2-5,8-13H2,1H3. The van der Waals surface area contributed by atoms with Gasteiger partial charge >= 0.3 is 0 Å². The lowest BCUT2D eigenvalue weighted by Gasteiger charge is -2.31. The Balaban J connectivity index is 1.37. The molecule has 134 valence electrons. The van der Waals surface area contributed by atoms with E-state index in [2.05, 4.69) is 17.3 Å². The molecule has 0 unspecified atom stereocenters. The van der Waals surface area contributed by atoms with Crippen LogP contribution >= 0.6 is 11.6 Å². The van der Waals surface area contributed by atoms with Gasteiger partial charge in [-0.15, -0.1) is 0 Å². The van der Waals surface area contributed by atoms with E-state index >= 15 is 0 Å². The van der Waals surface area contributed by atoms with Gasteiger partial charge in [0.25, 0.3) is 0 Å². The molecule has 1 saturated carbocycles. The largest absolute Gasteiger partial charge is 0.314 e. The number of nitrogens with zero attached hydrogens (tertiary/aromatic N) is 1. The molecule has 4 heteroatoms. The van der Waals surface area contributed by atoms with E-state index in [1.807, 2.05) is 12.1 Å². The third-order valence-electron chi connectivity index (χ3n) is 5.95. The third kappa shape index (κ3) is 4.93. The molecule has 2 fully saturated rings. The first kappa shape index (κ1) is 18.2. The highest BCUT2D eigenvalue weighted by Crippen LogP contribution is 2.38. The number of halogens is 2. The van der Waals surface area contributed by atoms with Crippen LogP contribution in [0.5, 0.6) is 0 Å². The van der Waals surface area contributed by atoms with Crippen molar-refractivity contribution >= 4 is 11.6 Å². The second-order valence-electron chi connectivity index (χ2n) is 7.70. The molecule has 1 aliphatic heterocycles. The molecule has 1 saturated heterocycles. The number of hydrogen-bond donors (Lipinski definition) is 1. The maximum absolute atomic E-state index is 14.1. The summed E-state index contributed by atoms with van der Waals surface area (Å²) >= 11 is 5.86. The van der Waals surface area contributed by atoms with Gasteiger partial charge in [0.15, 0.2) is 0 Å². The Morgan fingerprint density at radius 2 is 1.83 bits per heavy atom. The minimum absolute atomic E-state index is 0.130. The van der Waals surface area contributed by atoms with Crippen LogP contribution in [0.25, 0.3) is 0 Å². The Kier molecular flexibility index (Phi) is 6.54. The monoisotopic (exact) mass is 352 g/mol. The molecule has 0 spiro atoms.